The summed E-state index contributed by atoms with van der Waals surface area (Å²) in [5.41, 5.74) is 10.7. The number of hydrogen-bond donors (Lipinski definition) is 4. The molecule has 17 heteroatoms. The van der Waals surface area contributed by atoms with Crippen molar-refractivity contribution in [2.75, 3.05) is 46.7 Å². The van der Waals surface area contributed by atoms with Gasteiger partial charge in [-0.2, -0.15) is 33.7 Å². The lowest BCUT2D eigenvalue weighted by atomic mass is 10.0. The fourth-order valence-electron chi connectivity index (χ4n) is 8.66. The standard InChI is InChI=1S/C28H30N6OS2.C23H26BrN5OS/c1-18-13-20(4-7-23(18)28(35)32-21-5-6-21)25-17-31-27-24(30-15-19-8-11-36-12-9-19)14-26(33-34(25)27)37-22-3-2-10-29-16-22;1-14-10-16(2-5-18(14)23(30)27-17-3-4-17)20-13-26-22-19(11-21(24)28-29(20)22)25-12-15-6-8-31-9-7-15/h2-4,7,10,13-14,16-17,19,21,30H,5-6,8-9,11-12,15H2,1H3,(H,32,35);2,5,10-11,13,15,17,25H,3-4,6-9,12H2,1H3,(H,27,30). The van der Waals surface area contributed by atoms with Gasteiger partial charge < -0.3 is 21.3 Å². The maximum atomic E-state index is 12.6. The summed E-state index contributed by atoms with van der Waals surface area (Å²) in [7, 11) is 0. The van der Waals surface area contributed by atoms with Crippen molar-refractivity contribution < 1.29 is 9.59 Å². The number of fused-ring (bicyclic) bond motifs is 2. The zero-order chi connectivity index (χ0) is 46.6. The topological polar surface area (TPSA) is 156 Å². The summed E-state index contributed by atoms with van der Waals surface area (Å²) in [5, 5.41) is 23.9. The van der Waals surface area contributed by atoms with Crippen molar-refractivity contribution in [2.45, 2.75) is 87.2 Å². The van der Waals surface area contributed by atoms with Gasteiger partial charge in [0.05, 0.1) is 35.2 Å². The van der Waals surface area contributed by atoms with Gasteiger partial charge in [0.2, 0.25) is 0 Å². The van der Waals surface area contributed by atoms with E-state index >= 15 is 0 Å². The summed E-state index contributed by atoms with van der Waals surface area (Å²) in [5.74, 6) is 6.38. The van der Waals surface area contributed by atoms with Gasteiger partial charge in [-0.05, 0) is 176 Å². The molecule has 0 radical (unpaired) electrons. The molecular formula is C51H56BrN11O2S3. The van der Waals surface area contributed by atoms with Crippen LogP contribution in [0, 0.1) is 25.7 Å². The van der Waals surface area contributed by atoms with Crippen LogP contribution in [0.5, 0.6) is 0 Å². The van der Waals surface area contributed by atoms with Gasteiger partial charge in [0.1, 0.15) is 9.63 Å². The second-order valence-electron chi connectivity index (χ2n) is 18.3. The van der Waals surface area contributed by atoms with Crippen molar-refractivity contribution in [3.63, 3.8) is 0 Å². The van der Waals surface area contributed by atoms with Crippen LogP contribution in [-0.4, -0.2) is 94.2 Å². The summed E-state index contributed by atoms with van der Waals surface area (Å²) in [6.45, 7) is 5.86. The second-order valence-corrected chi connectivity index (χ2v) is 22.6. The van der Waals surface area contributed by atoms with Crippen LogP contribution in [-0.2, 0) is 0 Å². The molecular weight excluding hydrogens is 975 g/mol. The number of pyridine rings is 1. The Morgan fingerprint density at radius 2 is 1.18 bits per heavy atom. The number of carbonyl (C=O) groups is 2. The average Bonchev–Trinajstić information content (AvgIpc) is 4.27. The van der Waals surface area contributed by atoms with Crippen LogP contribution in [0.3, 0.4) is 0 Å². The van der Waals surface area contributed by atoms with Crippen LogP contribution >= 0.6 is 51.2 Å². The highest BCUT2D eigenvalue weighted by atomic mass is 79.9. The number of imidazole rings is 2. The maximum absolute atomic E-state index is 12.6. The van der Waals surface area contributed by atoms with E-state index in [2.05, 4.69) is 64.4 Å². The van der Waals surface area contributed by atoms with Gasteiger partial charge in [-0.3, -0.25) is 14.6 Å². The molecule has 5 aromatic heterocycles. The van der Waals surface area contributed by atoms with Gasteiger partial charge >= 0.3 is 0 Å². The van der Waals surface area contributed by atoms with Crippen molar-refractivity contribution in [3.8, 4) is 22.5 Å². The third-order valence-electron chi connectivity index (χ3n) is 12.9. The molecule has 0 bridgehead atoms. The Kier molecular flexibility index (Phi) is 14.6. The highest BCUT2D eigenvalue weighted by molar-refractivity contribution is 9.10. The number of benzene rings is 2. The zero-order valence-electron chi connectivity index (χ0n) is 38.3. The van der Waals surface area contributed by atoms with Crippen LogP contribution in [0.25, 0.3) is 33.8 Å². The lowest BCUT2D eigenvalue weighted by molar-refractivity contribution is 0.0942. The minimum Gasteiger partial charge on any atom is -0.382 e. The molecule has 7 aromatic rings. The number of carbonyl (C=O) groups excluding carboxylic acids is 2. The number of nitrogens with zero attached hydrogens (tertiary/aromatic N) is 7. The summed E-state index contributed by atoms with van der Waals surface area (Å²) in [4.78, 5) is 39.8. The highest BCUT2D eigenvalue weighted by Gasteiger charge is 2.26. The molecule has 13 nitrogen and oxygen atoms in total. The van der Waals surface area contributed by atoms with Crippen LogP contribution in [0.1, 0.15) is 83.2 Å². The van der Waals surface area contributed by atoms with Crippen molar-refractivity contribution in [2.24, 2.45) is 11.8 Å². The molecule has 4 aliphatic rings. The molecule has 2 aliphatic heterocycles. The average molecular weight is 1030 g/mol. The van der Waals surface area contributed by atoms with E-state index in [1.807, 2.05) is 114 Å². The van der Waals surface area contributed by atoms with E-state index in [0.29, 0.717) is 23.9 Å². The smallest absolute Gasteiger partial charge is 0.251 e. The maximum Gasteiger partial charge on any atom is 0.251 e. The van der Waals surface area contributed by atoms with Crippen molar-refractivity contribution >= 4 is 85.7 Å². The SMILES string of the molecule is Cc1cc(-c2cnc3c(NCC4CCSCC4)cc(Br)nn23)ccc1C(=O)NC1CC1.Cc1cc(-c2cnc3c(NCC4CCSCC4)cc(Sc4cccnc4)nn23)ccc1C(=O)NC1CC1. The van der Waals surface area contributed by atoms with E-state index in [0.717, 1.165) is 121 Å². The Morgan fingerprint density at radius 1 is 0.662 bits per heavy atom. The van der Waals surface area contributed by atoms with Crippen LogP contribution in [0.2, 0.25) is 0 Å². The molecule has 2 amide bonds. The first-order valence-electron chi connectivity index (χ1n) is 23.7. The monoisotopic (exact) mass is 1030 g/mol. The van der Waals surface area contributed by atoms with E-state index in [1.54, 1.807) is 18.0 Å². The van der Waals surface area contributed by atoms with Crippen molar-refractivity contribution in [1.29, 1.82) is 0 Å². The normalized spacial score (nSPS) is 16.6. The number of anilines is 2. The summed E-state index contributed by atoms with van der Waals surface area (Å²) < 4.78 is 4.57. The predicted octanol–water partition coefficient (Wildman–Crippen LogP) is 10.6. The predicted molar refractivity (Wildman–Crippen MR) is 280 cm³/mol. The molecule has 7 heterocycles. The summed E-state index contributed by atoms with van der Waals surface area (Å²) in [6, 6.07) is 20.7. The Balaban J connectivity index is 0.000000161. The molecule has 0 spiro atoms. The number of amides is 2. The molecule has 68 heavy (non-hydrogen) atoms. The number of aromatic nitrogens is 7. The van der Waals surface area contributed by atoms with E-state index in [4.69, 9.17) is 10.1 Å². The first kappa shape index (κ1) is 46.6. The third kappa shape index (κ3) is 11.3. The highest BCUT2D eigenvalue weighted by Crippen LogP contribution is 2.34. The minimum absolute atomic E-state index is 0.00516. The second kappa shape index (κ2) is 21.3. The molecule has 11 rings (SSSR count). The first-order chi connectivity index (χ1) is 33.2. The number of hydrogen-bond acceptors (Lipinski definition) is 12. The van der Waals surface area contributed by atoms with Crippen molar-refractivity contribution in [3.05, 3.63) is 112 Å². The quantitative estimate of drug-likeness (QED) is 0.0819. The Labute approximate surface area is 418 Å². The molecule has 2 saturated carbocycles. The van der Waals surface area contributed by atoms with E-state index in [-0.39, 0.29) is 11.8 Å². The van der Waals surface area contributed by atoms with E-state index in [1.165, 1.54) is 48.7 Å². The Bertz CT molecular complexity index is 2930. The molecule has 4 N–H and O–H groups in total. The number of nitrogens with one attached hydrogen (secondary N) is 4. The molecule has 2 aliphatic carbocycles. The lowest BCUT2D eigenvalue weighted by Crippen LogP contribution is -2.26. The Hall–Kier alpha value is -5.10. The molecule has 2 aromatic carbocycles. The first-order valence-corrected chi connectivity index (χ1v) is 27.6. The summed E-state index contributed by atoms with van der Waals surface area (Å²) >= 11 is 9.24. The number of halogens is 1. The van der Waals surface area contributed by atoms with Gasteiger partial charge in [-0.1, -0.05) is 23.9 Å². The molecule has 352 valence electrons. The summed E-state index contributed by atoms with van der Waals surface area (Å²) in [6.07, 6.45) is 16.7. The fraction of sp³-hybridized carbons (Fsp3) is 0.392. The van der Waals surface area contributed by atoms with Crippen molar-refractivity contribution in [1.82, 2.24) is 44.8 Å². The number of thioether (sulfide) groups is 2. The van der Waals surface area contributed by atoms with Gasteiger partial charge in [0, 0.05) is 64.7 Å². The number of aryl methyl sites for hydroxylation is 2. The van der Waals surface area contributed by atoms with Gasteiger partial charge in [0.25, 0.3) is 11.8 Å². The lowest BCUT2D eigenvalue weighted by Gasteiger charge is -2.22. The van der Waals surface area contributed by atoms with E-state index < -0.39 is 0 Å². The number of rotatable bonds is 14. The van der Waals surface area contributed by atoms with Crippen LogP contribution in [0.4, 0.5) is 11.4 Å². The van der Waals surface area contributed by atoms with Crippen LogP contribution in [0.15, 0.2) is 100.0 Å². The molecule has 2 saturated heterocycles. The molecule has 4 fully saturated rings. The molecule has 0 unspecified atom stereocenters. The van der Waals surface area contributed by atoms with Crippen LogP contribution < -0.4 is 21.3 Å². The zero-order valence-corrected chi connectivity index (χ0v) is 42.4. The Morgan fingerprint density at radius 3 is 1.66 bits per heavy atom. The largest absolute Gasteiger partial charge is 0.382 e. The molecule has 0 atom stereocenters. The minimum atomic E-state index is 0.00516. The fourth-order valence-corrected chi connectivity index (χ4v) is 12.3. The van der Waals surface area contributed by atoms with Gasteiger partial charge in [-0.15, -0.1) is 0 Å². The third-order valence-corrected chi connectivity index (χ3v) is 16.3. The van der Waals surface area contributed by atoms with E-state index in [9.17, 15) is 9.59 Å². The van der Waals surface area contributed by atoms with Gasteiger partial charge in [0.15, 0.2) is 11.3 Å². The van der Waals surface area contributed by atoms with Gasteiger partial charge in [-0.25, -0.2) is 19.0 Å².